The molecule has 1 aromatic heterocycles. The van der Waals surface area contributed by atoms with Crippen LogP contribution in [0.1, 0.15) is 24.4 Å². The Kier molecular flexibility index (Phi) is 2.29. The van der Waals surface area contributed by atoms with Gasteiger partial charge in [0.25, 0.3) is 0 Å². The second kappa shape index (κ2) is 3.46. The van der Waals surface area contributed by atoms with Crippen molar-refractivity contribution in [1.82, 2.24) is 4.98 Å². The minimum atomic E-state index is -0.0290. The van der Waals surface area contributed by atoms with Gasteiger partial charge in [-0.05, 0) is 24.8 Å². The van der Waals surface area contributed by atoms with Gasteiger partial charge in [0.15, 0.2) is 0 Å². The molecule has 1 fully saturated rings. The van der Waals surface area contributed by atoms with E-state index in [-0.39, 0.29) is 6.04 Å². The van der Waals surface area contributed by atoms with Crippen LogP contribution in [0, 0.1) is 5.92 Å². The van der Waals surface area contributed by atoms with Crippen molar-refractivity contribution in [2.45, 2.75) is 18.9 Å². The van der Waals surface area contributed by atoms with Gasteiger partial charge in [-0.3, -0.25) is 0 Å². The summed E-state index contributed by atoms with van der Waals surface area (Å²) in [6.07, 6.45) is 3.99. The Morgan fingerprint density at radius 2 is 2.29 bits per heavy atom. The van der Waals surface area contributed by atoms with E-state index in [1.807, 2.05) is 0 Å². The molecule has 0 aromatic carbocycles. The summed E-state index contributed by atoms with van der Waals surface area (Å²) in [6.45, 7) is 0. The van der Waals surface area contributed by atoms with Crippen molar-refractivity contribution in [2.75, 3.05) is 12.8 Å². The summed E-state index contributed by atoms with van der Waals surface area (Å²) in [7, 11) is 1.59. The fourth-order valence-electron chi connectivity index (χ4n) is 1.66. The number of methoxy groups -OCH3 is 1. The molecule has 1 atom stereocenters. The van der Waals surface area contributed by atoms with E-state index in [2.05, 4.69) is 4.98 Å². The molecular formula is C10H15N3O. The number of hydrogen-bond donors (Lipinski definition) is 2. The highest BCUT2D eigenvalue weighted by Crippen LogP contribution is 2.43. The molecule has 1 aromatic rings. The third-order valence-electron chi connectivity index (χ3n) is 2.64. The molecule has 1 unspecified atom stereocenters. The highest BCUT2D eigenvalue weighted by Gasteiger charge is 2.32. The first-order chi connectivity index (χ1) is 6.74. The van der Waals surface area contributed by atoms with Crippen LogP contribution >= 0.6 is 0 Å². The number of ether oxygens (including phenoxy) is 1. The van der Waals surface area contributed by atoms with E-state index in [1.54, 1.807) is 19.4 Å². The quantitative estimate of drug-likeness (QED) is 0.753. The van der Waals surface area contributed by atoms with Gasteiger partial charge in [-0.15, -0.1) is 0 Å². The maximum absolute atomic E-state index is 6.08. The maximum atomic E-state index is 6.08. The van der Waals surface area contributed by atoms with Crippen LogP contribution in [0.3, 0.4) is 0 Å². The largest absolute Gasteiger partial charge is 0.481 e. The fourth-order valence-corrected chi connectivity index (χ4v) is 1.66. The van der Waals surface area contributed by atoms with Crippen molar-refractivity contribution in [1.29, 1.82) is 0 Å². The molecule has 0 amide bonds. The van der Waals surface area contributed by atoms with Crippen molar-refractivity contribution in [3.05, 3.63) is 17.8 Å². The standard InChI is InChI=1S/C10H15N3O/c1-14-10-8(7(11)4-5-13-10)9(12)6-2-3-6/h4-6,9H,2-3,12H2,1H3,(H2,11,13). The van der Waals surface area contributed by atoms with Crippen molar-refractivity contribution < 1.29 is 4.74 Å². The van der Waals surface area contributed by atoms with Gasteiger partial charge in [0.1, 0.15) is 0 Å². The molecule has 4 heteroatoms. The van der Waals surface area contributed by atoms with Crippen LogP contribution in [-0.4, -0.2) is 12.1 Å². The summed E-state index contributed by atoms with van der Waals surface area (Å²) >= 11 is 0. The summed E-state index contributed by atoms with van der Waals surface area (Å²) in [4.78, 5) is 4.11. The molecule has 0 spiro atoms. The average Bonchev–Trinajstić information content (AvgIpc) is 2.99. The Bertz CT molecular complexity index is 336. The zero-order chi connectivity index (χ0) is 10.1. The Labute approximate surface area is 83.3 Å². The van der Waals surface area contributed by atoms with Crippen LogP contribution in [0.4, 0.5) is 5.69 Å². The van der Waals surface area contributed by atoms with E-state index in [1.165, 1.54) is 12.8 Å². The Morgan fingerprint density at radius 3 is 2.86 bits per heavy atom. The number of aromatic nitrogens is 1. The molecule has 0 radical (unpaired) electrons. The average molecular weight is 193 g/mol. The minimum absolute atomic E-state index is 0.0290. The van der Waals surface area contributed by atoms with Crippen molar-refractivity contribution in [3.63, 3.8) is 0 Å². The number of anilines is 1. The highest BCUT2D eigenvalue weighted by molar-refractivity contribution is 5.53. The van der Waals surface area contributed by atoms with Gasteiger partial charge < -0.3 is 16.2 Å². The molecule has 0 aliphatic heterocycles. The van der Waals surface area contributed by atoms with Crippen LogP contribution in [-0.2, 0) is 0 Å². The first kappa shape index (κ1) is 9.27. The van der Waals surface area contributed by atoms with Gasteiger partial charge in [-0.25, -0.2) is 4.98 Å². The molecule has 1 saturated carbocycles. The molecule has 4 nitrogen and oxygen atoms in total. The van der Waals surface area contributed by atoms with Crippen LogP contribution in [0.5, 0.6) is 5.88 Å². The summed E-state index contributed by atoms with van der Waals surface area (Å²) in [6, 6.07) is 1.73. The van der Waals surface area contributed by atoms with Gasteiger partial charge in [-0.2, -0.15) is 0 Å². The Balaban J connectivity index is 2.37. The summed E-state index contributed by atoms with van der Waals surface area (Å²) in [5, 5.41) is 0. The van der Waals surface area contributed by atoms with E-state index in [9.17, 15) is 0 Å². The smallest absolute Gasteiger partial charge is 0.219 e. The minimum Gasteiger partial charge on any atom is -0.481 e. The van der Waals surface area contributed by atoms with Crippen molar-refractivity contribution in [3.8, 4) is 5.88 Å². The fraction of sp³-hybridized carbons (Fsp3) is 0.500. The number of nitrogens with zero attached hydrogens (tertiary/aromatic N) is 1. The van der Waals surface area contributed by atoms with E-state index in [0.29, 0.717) is 17.5 Å². The molecule has 0 saturated heterocycles. The van der Waals surface area contributed by atoms with Crippen LogP contribution in [0.25, 0.3) is 0 Å². The lowest BCUT2D eigenvalue weighted by molar-refractivity contribution is 0.386. The second-order valence-electron chi connectivity index (χ2n) is 3.69. The molecule has 76 valence electrons. The highest BCUT2D eigenvalue weighted by atomic mass is 16.5. The third kappa shape index (κ3) is 1.53. The SMILES string of the molecule is COc1nccc(N)c1C(N)C1CC1. The monoisotopic (exact) mass is 193 g/mol. The van der Waals surface area contributed by atoms with Gasteiger partial charge in [0.05, 0.1) is 12.7 Å². The van der Waals surface area contributed by atoms with Crippen molar-refractivity contribution >= 4 is 5.69 Å². The second-order valence-corrected chi connectivity index (χ2v) is 3.69. The number of nitrogens with two attached hydrogens (primary N) is 2. The lowest BCUT2D eigenvalue weighted by Crippen LogP contribution is -2.16. The van der Waals surface area contributed by atoms with E-state index >= 15 is 0 Å². The number of nitrogen functional groups attached to an aromatic ring is 1. The zero-order valence-corrected chi connectivity index (χ0v) is 8.23. The Hall–Kier alpha value is -1.29. The van der Waals surface area contributed by atoms with Crippen molar-refractivity contribution in [2.24, 2.45) is 11.7 Å². The normalized spacial score (nSPS) is 17.9. The molecule has 14 heavy (non-hydrogen) atoms. The predicted octanol–water partition coefficient (Wildman–Crippen LogP) is 1.08. The molecular weight excluding hydrogens is 178 g/mol. The number of hydrogen-bond acceptors (Lipinski definition) is 4. The van der Waals surface area contributed by atoms with Crippen LogP contribution in [0.15, 0.2) is 12.3 Å². The van der Waals surface area contributed by atoms with Gasteiger partial charge in [-0.1, -0.05) is 0 Å². The van der Waals surface area contributed by atoms with E-state index in [4.69, 9.17) is 16.2 Å². The molecule has 1 aliphatic rings. The number of rotatable bonds is 3. The lowest BCUT2D eigenvalue weighted by atomic mass is 10.0. The van der Waals surface area contributed by atoms with Gasteiger partial charge >= 0.3 is 0 Å². The molecule has 4 N–H and O–H groups in total. The maximum Gasteiger partial charge on any atom is 0.219 e. The summed E-state index contributed by atoms with van der Waals surface area (Å²) < 4.78 is 5.15. The Morgan fingerprint density at radius 1 is 1.57 bits per heavy atom. The van der Waals surface area contributed by atoms with Gasteiger partial charge in [0, 0.05) is 17.9 Å². The molecule has 1 aliphatic carbocycles. The molecule has 2 rings (SSSR count). The lowest BCUT2D eigenvalue weighted by Gasteiger charge is -2.15. The first-order valence-corrected chi connectivity index (χ1v) is 4.78. The summed E-state index contributed by atoms with van der Waals surface area (Å²) in [5.41, 5.74) is 13.5. The van der Waals surface area contributed by atoms with Crippen LogP contribution in [0.2, 0.25) is 0 Å². The number of pyridine rings is 1. The van der Waals surface area contributed by atoms with E-state index < -0.39 is 0 Å². The predicted molar refractivity (Wildman–Crippen MR) is 54.9 cm³/mol. The summed E-state index contributed by atoms with van der Waals surface area (Å²) in [5.74, 6) is 1.11. The van der Waals surface area contributed by atoms with Gasteiger partial charge in [0.2, 0.25) is 5.88 Å². The van der Waals surface area contributed by atoms with E-state index in [0.717, 1.165) is 5.56 Å². The first-order valence-electron chi connectivity index (χ1n) is 4.78. The van der Waals surface area contributed by atoms with Crippen LogP contribution < -0.4 is 16.2 Å². The molecule has 1 heterocycles. The molecule has 0 bridgehead atoms. The topological polar surface area (TPSA) is 74.2 Å². The zero-order valence-electron chi connectivity index (χ0n) is 8.23. The third-order valence-corrected chi connectivity index (χ3v) is 2.64.